The molecule has 260 valence electrons. The summed E-state index contributed by atoms with van der Waals surface area (Å²) in [6, 6.07) is 58.5. The predicted molar refractivity (Wildman–Crippen MR) is 227 cm³/mol. The zero-order valence-corrected chi connectivity index (χ0v) is 29.8. The first-order chi connectivity index (χ1) is 27.3. The molecule has 5 heteroatoms. The molecule has 4 aromatic heterocycles. The number of nitrogens with zero attached hydrogens (tertiary/aromatic N) is 3. The van der Waals surface area contributed by atoms with E-state index in [1.807, 2.05) is 12.1 Å². The van der Waals surface area contributed by atoms with Gasteiger partial charge in [0.25, 0.3) is 0 Å². The first-order valence-corrected chi connectivity index (χ1v) is 18.9. The second-order valence-corrected chi connectivity index (χ2v) is 14.4. The normalized spacial score (nSPS) is 12.9. The molecule has 0 aliphatic heterocycles. The fourth-order valence-electron chi connectivity index (χ4n) is 8.93. The van der Waals surface area contributed by atoms with Crippen LogP contribution in [0.1, 0.15) is 17.7 Å². The second-order valence-electron chi connectivity index (χ2n) is 14.4. The number of hydrogen-bond acceptors (Lipinski definition) is 3. The number of allylic oxidation sites excluding steroid dienone is 1. The van der Waals surface area contributed by atoms with E-state index in [2.05, 4.69) is 178 Å². The SMILES string of the molecule is C1=Cc2c(oc3cc(N(c4ccc5c(c4)oc4ccccc45)c4ccc5c(c4)c4c6ccccc6n(-c6ccccc6)c4n5-c4ccccc4)ccc23)CC1. The maximum Gasteiger partial charge on any atom is 0.137 e. The topological polar surface area (TPSA) is 39.4 Å². The van der Waals surface area contributed by atoms with E-state index in [0.717, 1.165) is 91.1 Å². The van der Waals surface area contributed by atoms with Gasteiger partial charge in [-0.3, -0.25) is 9.13 Å². The number of hydrogen-bond donors (Lipinski definition) is 0. The predicted octanol–water partition coefficient (Wildman–Crippen LogP) is 13.8. The molecule has 0 fully saturated rings. The third-order valence-electron chi connectivity index (χ3n) is 11.3. The third-order valence-corrected chi connectivity index (χ3v) is 11.3. The number of benzene rings is 7. The minimum atomic E-state index is 0.855. The van der Waals surface area contributed by atoms with Gasteiger partial charge in [0.1, 0.15) is 28.2 Å². The first kappa shape index (κ1) is 30.2. The minimum Gasteiger partial charge on any atom is -0.460 e. The fraction of sp³-hybridized carbons (Fsp3) is 0.0400. The van der Waals surface area contributed by atoms with Gasteiger partial charge < -0.3 is 13.7 Å². The molecule has 0 saturated heterocycles. The van der Waals surface area contributed by atoms with Crippen LogP contribution in [-0.4, -0.2) is 9.13 Å². The van der Waals surface area contributed by atoms with Crippen molar-refractivity contribution in [3.05, 3.63) is 181 Å². The minimum absolute atomic E-state index is 0.855. The lowest BCUT2D eigenvalue weighted by atomic mass is 10.0. The Labute approximate surface area is 316 Å². The van der Waals surface area contributed by atoms with Crippen molar-refractivity contribution in [2.24, 2.45) is 0 Å². The quantitative estimate of drug-likeness (QED) is 0.179. The lowest BCUT2D eigenvalue weighted by molar-refractivity contribution is 0.546. The fourth-order valence-corrected chi connectivity index (χ4v) is 8.93. The molecule has 0 atom stereocenters. The Bertz CT molecular complexity index is 3320. The number of furan rings is 2. The van der Waals surface area contributed by atoms with Crippen molar-refractivity contribution in [3.63, 3.8) is 0 Å². The van der Waals surface area contributed by atoms with Crippen LogP contribution in [-0.2, 0) is 6.42 Å². The van der Waals surface area contributed by atoms with Gasteiger partial charge in [-0.2, -0.15) is 0 Å². The Morgan fingerprint density at radius 1 is 0.455 bits per heavy atom. The molecule has 5 nitrogen and oxygen atoms in total. The van der Waals surface area contributed by atoms with E-state index >= 15 is 0 Å². The summed E-state index contributed by atoms with van der Waals surface area (Å²) in [6.07, 6.45) is 6.37. The van der Waals surface area contributed by atoms with Gasteiger partial charge in [0.15, 0.2) is 0 Å². The van der Waals surface area contributed by atoms with Crippen LogP contribution in [0.3, 0.4) is 0 Å². The average molecular weight is 708 g/mol. The maximum atomic E-state index is 6.53. The van der Waals surface area contributed by atoms with Gasteiger partial charge in [-0.1, -0.05) is 84.9 Å². The Balaban J connectivity index is 1.15. The molecule has 0 radical (unpaired) electrons. The monoisotopic (exact) mass is 707 g/mol. The van der Waals surface area contributed by atoms with Crippen molar-refractivity contribution in [1.82, 2.24) is 9.13 Å². The molecule has 1 aliphatic carbocycles. The van der Waals surface area contributed by atoms with Gasteiger partial charge in [-0.05, 0) is 85.3 Å². The van der Waals surface area contributed by atoms with Crippen molar-refractivity contribution in [1.29, 1.82) is 0 Å². The number of rotatable bonds is 5. The van der Waals surface area contributed by atoms with E-state index in [1.165, 1.54) is 27.2 Å². The molecule has 55 heavy (non-hydrogen) atoms. The van der Waals surface area contributed by atoms with Crippen molar-refractivity contribution in [2.45, 2.75) is 12.8 Å². The Kier molecular flexibility index (Phi) is 6.39. The molecule has 1 aliphatic rings. The highest BCUT2D eigenvalue weighted by Gasteiger charge is 2.25. The highest BCUT2D eigenvalue weighted by Crippen LogP contribution is 2.45. The summed E-state index contributed by atoms with van der Waals surface area (Å²) in [5.74, 6) is 1.06. The van der Waals surface area contributed by atoms with Crippen LogP contribution in [0.4, 0.5) is 17.1 Å². The maximum absolute atomic E-state index is 6.53. The first-order valence-electron chi connectivity index (χ1n) is 18.9. The largest absolute Gasteiger partial charge is 0.460 e. The van der Waals surface area contributed by atoms with Gasteiger partial charge in [-0.15, -0.1) is 0 Å². The lowest BCUT2D eigenvalue weighted by Gasteiger charge is -2.25. The Hall–Kier alpha value is -7.24. The number of aromatic nitrogens is 2. The van der Waals surface area contributed by atoms with Crippen LogP contribution in [0.25, 0.3) is 83.2 Å². The number of fused-ring (bicyclic) bond motifs is 11. The van der Waals surface area contributed by atoms with E-state index in [9.17, 15) is 0 Å². The molecule has 7 aromatic carbocycles. The summed E-state index contributed by atoms with van der Waals surface area (Å²) in [7, 11) is 0. The molecule has 0 unspecified atom stereocenters. The van der Waals surface area contributed by atoms with E-state index in [-0.39, 0.29) is 0 Å². The number of aryl methyl sites for hydroxylation is 1. The van der Waals surface area contributed by atoms with Gasteiger partial charge in [0.05, 0.1) is 11.0 Å². The summed E-state index contributed by atoms with van der Waals surface area (Å²) in [5.41, 5.74) is 12.6. The molecular weight excluding hydrogens is 675 g/mol. The molecule has 12 rings (SSSR count). The highest BCUT2D eigenvalue weighted by atomic mass is 16.3. The summed E-state index contributed by atoms with van der Waals surface area (Å²) >= 11 is 0. The van der Waals surface area contributed by atoms with E-state index < -0.39 is 0 Å². The molecule has 0 N–H and O–H groups in total. The second kappa shape index (κ2) is 11.6. The Morgan fingerprint density at radius 3 is 1.80 bits per heavy atom. The Morgan fingerprint density at radius 2 is 1.04 bits per heavy atom. The van der Waals surface area contributed by atoms with Crippen molar-refractivity contribution in [3.8, 4) is 11.4 Å². The number of anilines is 3. The smallest absolute Gasteiger partial charge is 0.137 e. The van der Waals surface area contributed by atoms with E-state index in [4.69, 9.17) is 8.83 Å². The average Bonchev–Trinajstić information content (AvgIpc) is 3.98. The van der Waals surface area contributed by atoms with Crippen LogP contribution in [0, 0.1) is 0 Å². The van der Waals surface area contributed by atoms with Gasteiger partial charge in [-0.25, -0.2) is 0 Å². The molecule has 0 amide bonds. The zero-order chi connectivity index (χ0) is 36.0. The summed E-state index contributed by atoms with van der Waals surface area (Å²) in [6.45, 7) is 0. The molecule has 4 heterocycles. The molecular formula is C50H33N3O2. The zero-order valence-electron chi connectivity index (χ0n) is 29.8. The molecule has 0 spiro atoms. The highest BCUT2D eigenvalue weighted by molar-refractivity contribution is 6.23. The van der Waals surface area contributed by atoms with Crippen LogP contribution < -0.4 is 4.90 Å². The van der Waals surface area contributed by atoms with Gasteiger partial charge >= 0.3 is 0 Å². The molecule has 0 bridgehead atoms. The molecule has 0 saturated carbocycles. The van der Waals surface area contributed by atoms with Gasteiger partial charge in [0, 0.05) is 84.9 Å². The van der Waals surface area contributed by atoms with Crippen molar-refractivity contribution in [2.75, 3.05) is 4.90 Å². The lowest BCUT2D eigenvalue weighted by Crippen LogP contribution is -2.10. The summed E-state index contributed by atoms with van der Waals surface area (Å²) < 4.78 is 17.8. The van der Waals surface area contributed by atoms with Crippen molar-refractivity contribution >= 4 is 88.9 Å². The third kappa shape index (κ3) is 4.47. The van der Waals surface area contributed by atoms with Gasteiger partial charge in [0.2, 0.25) is 0 Å². The standard InChI is InChI=1S/C50H33N3O2/c1-3-13-32(14-4-1)52-43-20-10-7-19-41(43)49-42-29-34(25-28-44(42)53(50(49)52)33-15-5-2-6-16-33)51(35-23-26-39-37-17-8-11-21-45(37)54-47(39)30-35)36-24-27-40-38-18-9-12-22-46(38)55-48(40)31-36/h1-11,13-21,23-31H,12,22H2. The van der Waals surface area contributed by atoms with Crippen LogP contribution in [0.5, 0.6) is 0 Å². The summed E-state index contributed by atoms with van der Waals surface area (Å²) in [4.78, 5) is 2.34. The van der Waals surface area contributed by atoms with Crippen LogP contribution >= 0.6 is 0 Å². The summed E-state index contributed by atoms with van der Waals surface area (Å²) in [5, 5.41) is 6.97. The van der Waals surface area contributed by atoms with Crippen LogP contribution in [0.2, 0.25) is 0 Å². The van der Waals surface area contributed by atoms with Crippen LogP contribution in [0.15, 0.2) is 179 Å². The van der Waals surface area contributed by atoms with E-state index in [0.29, 0.717) is 0 Å². The van der Waals surface area contributed by atoms with Crippen molar-refractivity contribution < 1.29 is 8.83 Å². The van der Waals surface area contributed by atoms with E-state index in [1.54, 1.807) is 0 Å². The number of para-hydroxylation sites is 4. The molecule has 11 aromatic rings.